The second kappa shape index (κ2) is 11.5. The van der Waals surface area contributed by atoms with Gasteiger partial charge in [0.2, 0.25) is 16.0 Å². The van der Waals surface area contributed by atoms with E-state index in [1.54, 1.807) is 31.4 Å². The van der Waals surface area contributed by atoms with Crippen LogP contribution < -0.4 is 4.31 Å². The minimum Gasteiger partial charge on any atom is -0.460 e. The van der Waals surface area contributed by atoms with E-state index in [2.05, 4.69) is 4.98 Å². The summed E-state index contributed by atoms with van der Waals surface area (Å²) in [5.41, 5.74) is 0.755. The topological polar surface area (TPSA) is 122 Å². The Hall–Kier alpha value is -2.76. The standard InChI is InChI=1S/C25H36FN3O6S/c1-16(2)29-21(13-12-19(30)14-20(31)15-22(32)35-25(3,4)5)23(17-8-10-18(26)11-9-17)27-24(29)28(6)36(7,33)34/h8-13,16,19-20,30-31H,14-15H2,1-7H3/t19-,20-/m1/s1. The molecular weight excluding hydrogens is 489 g/mol. The van der Waals surface area contributed by atoms with Gasteiger partial charge in [-0.1, -0.05) is 6.08 Å². The molecule has 0 unspecified atom stereocenters. The van der Waals surface area contributed by atoms with E-state index in [9.17, 15) is 27.8 Å². The summed E-state index contributed by atoms with van der Waals surface area (Å²) in [6.45, 7) is 8.88. The van der Waals surface area contributed by atoms with Gasteiger partial charge >= 0.3 is 5.97 Å². The van der Waals surface area contributed by atoms with Gasteiger partial charge in [-0.2, -0.15) is 0 Å². The molecule has 0 radical (unpaired) electrons. The molecule has 2 atom stereocenters. The summed E-state index contributed by atoms with van der Waals surface area (Å²) >= 11 is 0. The quantitative estimate of drug-likeness (QED) is 0.455. The number of aromatic nitrogens is 2. The first-order valence-electron chi connectivity index (χ1n) is 11.6. The molecule has 0 fully saturated rings. The number of nitrogens with zero attached hydrogens (tertiary/aromatic N) is 3. The van der Waals surface area contributed by atoms with E-state index in [1.165, 1.54) is 37.4 Å². The van der Waals surface area contributed by atoms with Crippen molar-refractivity contribution in [3.63, 3.8) is 0 Å². The van der Waals surface area contributed by atoms with Crippen LogP contribution in [0.25, 0.3) is 17.3 Å². The second-order valence-electron chi connectivity index (χ2n) is 9.95. The first kappa shape index (κ1) is 29.5. The van der Waals surface area contributed by atoms with Crippen LogP contribution in [0.5, 0.6) is 0 Å². The Morgan fingerprint density at radius 3 is 2.31 bits per heavy atom. The molecule has 2 rings (SSSR count). The first-order valence-corrected chi connectivity index (χ1v) is 13.4. The molecule has 9 nitrogen and oxygen atoms in total. The Morgan fingerprint density at radius 1 is 1.22 bits per heavy atom. The molecule has 2 N–H and O–H groups in total. The zero-order chi connectivity index (χ0) is 27.4. The van der Waals surface area contributed by atoms with E-state index >= 15 is 0 Å². The zero-order valence-electron chi connectivity index (χ0n) is 21.8. The molecule has 1 heterocycles. The number of carbonyl (C=O) groups excluding carboxylic acids is 1. The van der Waals surface area contributed by atoms with Crippen LogP contribution in [-0.2, 0) is 19.6 Å². The number of ether oxygens (including phenoxy) is 1. The second-order valence-corrected chi connectivity index (χ2v) is 12.0. The summed E-state index contributed by atoms with van der Waals surface area (Å²) < 4.78 is 46.0. The van der Waals surface area contributed by atoms with Gasteiger partial charge in [-0.05, 0) is 65.0 Å². The summed E-state index contributed by atoms with van der Waals surface area (Å²) in [5.74, 6) is -0.843. The number of benzene rings is 1. The Labute approximate surface area is 212 Å². The number of carbonyl (C=O) groups is 1. The maximum absolute atomic E-state index is 13.5. The van der Waals surface area contributed by atoms with Crippen LogP contribution >= 0.6 is 0 Å². The lowest BCUT2D eigenvalue weighted by atomic mass is 10.1. The number of aliphatic hydroxyl groups is 2. The number of hydrogen-bond donors (Lipinski definition) is 2. The highest BCUT2D eigenvalue weighted by Crippen LogP contribution is 2.33. The van der Waals surface area contributed by atoms with Gasteiger partial charge < -0.3 is 19.5 Å². The van der Waals surface area contributed by atoms with Crippen LogP contribution in [0.2, 0.25) is 0 Å². The van der Waals surface area contributed by atoms with Crippen molar-refractivity contribution in [2.75, 3.05) is 17.6 Å². The van der Waals surface area contributed by atoms with E-state index in [4.69, 9.17) is 4.74 Å². The molecule has 200 valence electrons. The largest absolute Gasteiger partial charge is 0.460 e. The molecular formula is C25H36FN3O6S. The fourth-order valence-electron chi connectivity index (χ4n) is 3.51. The molecule has 0 aliphatic carbocycles. The van der Waals surface area contributed by atoms with Gasteiger partial charge in [0.15, 0.2) is 0 Å². The minimum absolute atomic E-state index is 0.118. The van der Waals surface area contributed by atoms with Crippen molar-refractivity contribution in [1.82, 2.24) is 9.55 Å². The first-order chi connectivity index (χ1) is 16.5. The number of anilines is 1. The van der Waals surface area contributed by atoms with Crippen LogP contribution in [0.1, 0.15) is 59.2 Å². The molecule has 0 spiro atoms. The lowest BCUT2D eigenvalue weighted by Gasteiger charge is -2.21. The lowest BCUT2D eigenvalue weighted by molar-refractivity contribution is -0.157. The number of halogens is 1. The summed E-state index contributed by atoms with van der Waals surface area (Å²) in [6.07, 6.45) is 1.45. The molecule has 36 heavy (non-hydrogen) atoms. The Morgan fingerprint density at radius 2 is 1.81 bits per heavy atom. The van der Waals surface area contributed by atoms with E-state index < -0.39 is 39.6 Å². The van der Waals surface area contributed by atoms with Gasteiger partial charge in [-0.3, -0.25) is 4.79 Å². The van der Waals surface area contributed by atoms with Crippen LogP contribution in [0, 0.1) is 5.82 Å². The van der Waals surface area contributed by atoms with Gasteiger partial charge in [-0.25, -0.2) is 22.1 Å². The van der Waals surface area contributed by atoms with Gasteiger partial charge in [0, 0.05) is 25.1 Å². The van der Waals surface area contributed by atoms with Crippen LogP contribution in [0.15, 0.2) is 30.3 Å². The molecule has 1 aromatic carbocycles. The molecule has 0 aliphatic heterocycles. The van der Waals surface area contributed by atoms with Crippen molar-refractivity contribution in [3.05, 3.63) is 41.9 Å². The maximum Gasteiger partial charge on any atom is 0.308 e. The van der Waals surface area contributed by atoms with Crippen LogP contribution in [0.4, 0.5) is 10.3 Å². The predicted molar refractivity (Wildman–Crippen MR) is 137 cm³/mol. The number of sulfonamides is 1. The summed E-state index contributed by atoms with van der Waals surface area (Å²) in [7, 11) is -2.25. The predicted octanol–water partition coefficient (Wildman–Crippen LogP) is 3.52. The third-order valence-electron chi connectivity index (χ3n) is 5.15. The van der Waals surface area contributed by atoms with E-state index in [0.29, 0.717) is 17.0 Å². The monoisotopic (exact) mass is 525 g/mol. The molecule has 1 aromatic heterocycles. The third-order valence-corrected chi connectivity index (χ3v) is 6.31. The summed E-state index contributed by atoms with van der Waals surface area (Å²) in [6, 6.07) is 5.40. The minimum atomic E-state index is -3.64. The molecule has 0 saturated heterocycles. The summed E-state index contributed by atoms with van der Waals surface area (Å²) in [5, 5.41) is 20.7. The molecule has 0 amide bonds. The normalized spacial score (nSPS) is 14.3. The van der Waals surface area contributed by atoms with Crippen LogP contribution in [0.3, 0.4) is 0 Å². The van der Waals surface area contributed by atoms with Crippen molar-refractivity contribution >= 4 is 28.0 Å². The number of esters is 1. The fraction of sp³-hybridized carbons (Fsp3) is 0.520. The van der Waals surface area contributed by atoms with Gasteiger partial charge in [0.05, 0.1) is 36.3 Å². The fourth-order valence-corrected chi connectivity index (χ4v) is 3.94. The third kappa shape index (κ3) is 8.14. The van der Waals surface area contributed by atoms with Crippen LogP contribution in [-0.4, -0.2) is 65.3 Å². The number of rotatable bonds is 10. The van der Waals surface area contributed by atoms with E-state index in [1.807, 2.05) is 13.8 Å². The number of hydrogen-bond acceptors (Lipinski definition) is 7. The Kier molecular flexibility index (Phi) is 9.44. The van der Waals surface area contributed by atoms with Crippen molar-refractivity contribution in [3.8, 4) is 11.3 Å². The number of imidazole rings is 1. The van der Waals surface area contributed by atoms with Crippen molar-refractivity contribution in [2.24, 2.45) is 0 Å². The zero-order valence-corrected chi connectivity index (χ0v) is 22.6. The van der Waals surface area contributed by atoms with Gasteiger partial charge in [-0.15, -0.1) is 0 Å². The summed E-state index contributed by atoms with van der Waals surface area (Å²) in [4.78, 5) is 16.5. The highest BCUT2D eigenvalue weighted by atomic mass is 32.2. The molecule has 0 saturated carbocycles. The van der Waals surface area contributed by atoms with Crippen molar-refractivity contribution in [1.29, 1.82) is 0 Å². The molecule has 2 aromatic rings. The molecule has 0 bridgehead atoms. The van der Waals surface area contributed by atoms with E-state index in [-0.39, 0.29) is 24.8 Å². The SMILES string of the molecule is CC(C)n1c(N(C)S(C)(=O)=O)nc(-c2ccc(F)cc2)c1C=C[C@@H](O)C[C@@H](O)CC(=O)OC(C)(C)C. The Balaban J connectivity index is 2.42. The highest BCUT2D eigenvalue weighted by Gasteiger charge is 2.26. The highest BCUT2D eigenvalue weighted by molar-refractivity contribution is 7.92. The Bertz CT molecular complexity index is 1180. The van der Waals surface area contributed by atoms with E-state index in [0.717, 1.165) is 10.6 Å². The van der Waals surface area contributed by atoms with Crippen molar-refractivity contribution < 1.29 is 32.6 Å². The lowest BCUT2D eigenvalue weighted by Crippen LogP contribution is -2.28. The number of aliphatic hydroxyl groups excluding tert-OH is 2. The smallest absolute Gasteiger partial charge is 0.308 e. The average molecular weight is 526 g/mol. The van der Waals surface area contributed by atoms with Gasteiger partial charge in [0.1, 0.15) is 11.4 Å². The molecule has 11 heteroatoms. The molecule has 0 aliphatic rings. The maximum atomic E-state index is 13.5. The van der Waals surface area contributed by atoms with Crippen molar-refractivity contribution in [2.45, 2.75) is 71.3 Å². The average Bonchev–Trinajstić information content (AvgIpc) is 3.09. The van der Waals surface area contributed by atoms with Gasteiger partial charge in [0.25, 0.3) is 0 Å².